The number of aromatic nitrogens is 3. The SMILES string of the molecule is [C-]#[N+]c1c(N)nc(SCc2coc(-c3ccc(Cl)cc3)n2)c(C#N)c1-c1ccc(OCCO)nc1. The highest BCUT2D eigenvalue weighted by atomic mass is 35.5. The standard InChI is InChI=1S/C24H17ClN6O3S/c1-28-21-20(15-4-7-19(29-11-15)33-9-8-32)18(10-26)24(31-22(21)27)35-13-17-12-34-23(30-17)14-2-5-16(25)6-3-14/h2-7,11-12,32H,8-9,13H2,(H2,27,31). The van der Waals surface area contributed by atoms with Gasteiger partial charge in [0.15, 0.2) is 0 Å². The second-order valence-electron chi connectivity index (χ2n) is 7.02. The molecule has 0 aliphatic carbocycles. The molecule has 0 spiro atoms. The van der Waals surface area contributed by atoms with E-state index in [0.717, 1.165) is 5.56 Å². The van der Waals surface area contributed by atoms with Crippen molar-refractivity contribution in [3.63, 3.8) is 0 Å². The van der Waals surface area contributed by atoms with E-state index in [4.69, 9.17) is 38.2 Å². The van der Waals surface area contributed by atoms with Crippen molar-refractivity contribution in [3.8, 4) is 34.5 Å². The van der Waals surface area contributed by atoms with Gasteiger partial charge in [-0.15, -0.1) is 0 Å². The predicted molar refractivity (Wildman–Crippen MR) is 132 cm³/mol. The van der Waals surface area contributed by atoms with Crippen LogP contribution in [0.1, 0.15) is 11.3 Å². The van der Waals surface area contributed by atoms with Crippen LogP contribution in [0.5, 0.6) is 5.88 Å². The van der Waals surface area contributed by atoms with Crippen molar-refractivity contribution >= 4 is 34.9 Å². The zero-order valence-electron chi connectivity index (χ0n) is 18.1. The number of nitrogens with zero attached hydrogens (tertiary/aromatic N) is 5. The Balaban J connectivity index is 1.63. The van der Waals surface area contributed by atoms with Crippen molar-refractivity contribution in [2.75, 3.05) is 18.9 Å². The average molecular weight is 505 g/mol. The molecule has 3 heterocycles. The van der Waals surface area contributed by atoms with Gasteiger partial charge in [0, 0.05) is 34.2 Å². The molecule has 0 amide bonds. The maximum atomic E-state index is 9.95. The summed E-state index contributed by atoms with van der Waals surface area (Å²) in [4.78, 5) is 16.5. The summed E-state index contributed by atoms with van der Waals surface area (Å²) >= 11 is 7.19. The number of ether oxygens (including phenoxy) is 1. The molecule has 0 saturated heterocycles. The highest BCUT2D eigenvalue weighted by Gasteiger charge is 2.21. The topological polar surface area (TPSA) is 135 Å². The second-order valence-corrected chi connectivity index (χ2v) is 8.42. The monoisotopic (exact) mass is 504 g/mol. The van der Waals surface area contributed by atoms with Crippen LogP contribution < -0.4 is 10.5 Å². The number of aliphatic hydroxyl groups excluding tert-OH is 1. The van der Waals surface area contributed by atoms with E-state index >= 15 is 0 Å². The number of benzene rings is 1. The number of hydrogen-bond donors (Lipinski definition) is 2. The van der Waals surface area contributed by atoms with Crippen molar-refractivity contribution in [3.05, 3.63) is 76.6 Å². The number of nitrogen functional groups attached to an aromatic ring is 1. The van der Waals surface area contributed by atoms with Gasteiger partial charge in [-0.1, -0.05) is 23.4 Å². The third kappa shape index (κ3) is 5.36. The summed E-state index contributed by atoms with van der Waals surface area (Å²) in [6.07, 6.45) is 3.03. The average Bonchev–Trinajstić information content (AvgIpc) is 3.35. The number of rotatable bonds is 8. The number of pyridine rings is 2. The lowest BCUT2D eigenvalue weighted by Crippen LogP contribution is -2.03. The lowest BCUT2D eigenvalue weighted by Gasteiger charge is -2.13. The first-order chi connectivity index (χ1) is 17.0. The molecule has 0 aliphatic heterocycles. The Bertz CT molecular complexity index is 1430. The lowest BCUT2D eigenvalue weighted by atomic mass is 10.0. The highest BCUT2D eigenvalue weighted by Crippen LogP contribution is 2.41. The first-order valence-electron chi connectivity index (χ1n) is 10.2. The molecule has 3 aromatic heterocycles. The molecule has 35 heavy (non-hydrogen) atoms. The number of nitriles is 1. The summed E-state index contributed by atoms with van der Waals surface area (Å²) in [7, 11) is 0. The number of halogens is 1. The van der Waals surface area contributed by atoms with Crippen molar-refractivity contribution in [1.82, 2.24) is 15.0 Å². The first-order valence-corrected chi connectivity index (χ1v) is 11.5. The van der Waals surface area contributed by atoms with Crippen molar-refractivity contribution in [1.29, 1.82) is 5.26 Å². The summed E-state index contributed by atoms with van der Waals surface area (Å²) in [5.41, 5.74) is 8.67. The van der Waals surface area contributed by atoms with Gasteiger partial charge in [-0.05, 0) is 35.9 Å². The van der Waals surface area contributed by atoms with E-state index in [1.165, 1.54) is 24.2 Å². The minimum Gasteiger partial charge on any atom is -0.475 e. The van der Waals surface area contributed by atoms with Crippen LogP contribution in [0.25, 0.3) is 27.4 Å². The molecule has 0 fully saturated rings. The summed E-state index contributed by atoms with van der Waals surface area (Å²) in [5.74, 6) is 1.13. The molecule has 0 aliphatic rings. The number of hydrogen-bond acceptors (Lipinski definition) is 9. The van der Waals surface area contributed by atoms with Gasteiger partial charge in [0.1, 0.15) is 29.8 Å². The van der Waals surface area contributed by atoms with E-state index in [1.54, 1.807) is 24.3 Å². The molecule has 4 rings (SSSR count). The third-order valence-corrected chi connectivity index (χ3v) is 6.02. The molecule has 3 N–H and O–H groups in total. The molecule has 0 atom stereocenters. The van der Waals surface area contributed by atoms with E-state index in [-0.39, 0.29) is 30.3 Å². The molecule has 0 saturated carbocycles. The van der Waals surface area contributed by atoms with Crippen molar-refractivity contribution in [2.45, 2.75) is 10.8 Å². The van der Waals surface area contributed by atoms with Crippen LogP contribution in [0.4, 0.5) is 11.5 Å². The Morgan fingerprint density at radius 1 is 1.20 bits per heavy atom. The zero-order valence-corrected chi connectivity index (χ0v) is 19.7. The summed E-state index contributed by atoms with van der Waals surface area (Å²) in [5, 5.41) is 19.8. The van der Waals surface area contributed by atoms with E-state index in [2.05, 4.69) is 25.9 Å². The van der Waals surface area contributed by atoms with Crippen LogP contribution >= 0.6 is 23.4 Å². The first kappa shape index (κ1) is 24.0. The fraction of sp³-hybridized carbons (Fsp3) is 0.125. The smallest absolute Gasteiger partial charge is 0.237 e. The van der Waals surface area contributed by atoms with E-state index in [1.807, 2.05) is 12.1 Å². The Morgan fingerprint density at radius 2 is 1.97 bits per heavy atom. The van der Waals surface area contributed by atoms with Gasteiger partial charge in [0.25, 0.3) is 0 Å². The molecule has 1 aromatic carbocycles. The summed E-state index contributed by atoms with van der Waals surface area (Å²) in [6.45, 7) is 7.53. The fourth-order valence-electron chi connectivity index (χ4n) is 3.18. The largest absolute Gasteiger partial charge is 0.475 e. The Labute approximate surface area is 210 Å². The summed E-state index contributed by atoms with van der Waals surface area (Å²) in [6, 6.07) is 12.5. The van der Waals surface area contributed by atoms with Crippen LogP contribution in [-0.2, 0) is 5.75 Å². The van der Waals surface area contributed by atoms with Crippen LogP contribution in [-0.4, -0.2) is 33.3 Å². The fourth-order valence-corrected chi connectivity index (χ4v) is 4.18. The second kappa shape index (κ2) is 10.9. The quantitative estimate of drug-likeness (QED) is 0.247. The Hall–Kier alpha value is -4.09. The minimum atomic E-state index is -0.141. The van der Waals surface area contributed by atoms with Crippen LogP contribution in [0.15, 0.2) is 58.3 Å². The molecule has 9 nitrogen and oxygen atoms in total. The van der Waals surface area contributed by atoms with Gasteiger partial charge >= 0.3 is 0 Å². The van der Waals surface area contributed by atoms with Crippen LogP contribution in [0.2, 0.25) is 5.02 Å². The van der Waals surface area contributed by atoms with E-state index in [9.17, 15) is 5.26 Å². The third-order valence-electron chi connectivity index (χ3n) is 4.75. The van der Waals surface area contributed by atoms with Gasteiger partial charge in [-0.2, -0.15) is 5.26 Å². The molecule has 4 aromatic rings. The number of thioether (sulfide) groups is 1. The molecule has 0 unspecified atom stereocenters. The van der Waals surface area contributed by atoms with Gasteiger partial charge in [-0.3, -0.25) is 0 Å². The number of anilines is 1. The number of aliphatic hydroxyl groups is 1. The number of nitrogens with two attached hydrogens (primary N) is 1. The minimum absolute atomic E-state index is 0.0131. The molecule has 0 radical (unpaired) electrons. The van der Waals surface area contributed by atoms with Gasteiger partial charge in [-0.25, -0.2) is 19.8 Å². The van der Waals surface area contributed by atoms with Crippen molar-refractivity contribution in [2.24, 2.45) is 0 Å². The summed E-state index contributed by atoms with van der Waals surface area (Å²) < 4.78 is 10.9. The lowest BCUT2D eigenvalue weighted by molar-refractivity contribution is 0.196. The van der Waals surface area contributed by atoms with Crippen LogP contribution in [0.3, 0.4) is 0 Å². The maximum Gasteiger partial charge on any atom is 0.237 e. The molecule has 0 bridgehead atoms. The van der Waals surface area contributed by atoms with E-state index < -0.39 is 0 Å². The zero-order chi connectivity index (χ0) is 24.8. The Morgan fingerprint density at radius 3 is 2.63 bits per heavy atom. The molecule has 174 valence electrons. The highest BCUT2D eigenvalue weighted by molar-refractivity contribution is 7.98. The van der Waals surface area contributed by atoms with Gasteiger partial charge in [0.05, 0.1) is 24.4 Å². The Kier molecular flexibility index (Phi) is 7.48. The molecular formula is C24H17ClN6O3S. The van der Waals surface area contributed by atoms with Crippen LogP contribution in [0, 0.1) is 17.9 Å². The number of oxazole rings is 1. The van der Waals surface area contributed by atoms with Gasteiger partial charge in [0.2, 0.25) is 17.5 Å². The maximum absolute atomic E-state index is 9.95. The molecule has 11 heteroatoms. The predicted octanol–water partition coefficient (Wildman–Crippen LogP) is 5.12. The van der Waals surface area contributed by atoms with E-state index in [0.29, 0.717) is 44.4 Å². The normalized spacial score (nSPS) is 10.5. The molecular weight excluding hydrogens is 488 g/mol. The van der Waals surface area contributed by atoms with Gasteiger partial charge < -0.3 is 20.0 Å². The van der Waals surface area contributed by atoms with Crippen molar-refractivity contribution < 1.29 is 14.3 Å².